The summed E-state index contributed by atoms with van der Waals surface area (Å²) >= 11 is 0. The first-order valence-electron chi connectivity index (χ1n) is 4.42. The molecule has 0 fully saturated rings. The molecule has 3 N–H and O–H groups in total. The number of carbonyl (C=O) groups is 1. The van der Waals surface area contributed by atoms with Gasteiger partial charge < -0.3 is 15.8 Å². The van der Waals surface area contributed by atoms with E-state index in [1.807, 2.05) is 6.07 Å². The van der Waals surface area contributed by atoms with Crippen molar-refractivity contribution in [3.05, 3.63) is 23.8 Å². The van der Waals surface area contributed by atoms with E-state index in [2.05, 4.69) is 5.32 Å². The molecule has 1 amide bonds. The number of ether oxygens (including phenoxy) is 1. The fraction of sp³-hybridized carbons (Fsp3) is 0.200. The fourth-order valence-electron chi connectivity index (χ4n) is 1.37. The van der Waals surface area contributed by atoms with Gasteiger partial charge in [0.15, 0.2) is 6.61 Å². The van der Waals surface area contributed by atoms with Gasteiger partial charge in [0.25, 0.3) is 5.91 Å². The molecule has 0 saturated carbocycles. The second-order valence-electron chi connectivity index (χ2n) is 3.20. The predicted molar refractivity (Wildman–Crippen MR) is 53.1 cm³/mol. The Morgan fingerprint density at radius 2 is 2.40 bits per heavy atom. The van der Waals surface area contributed by atoms with E-state index in [0.29, 0.717) is 17.0 Å². The highest BCUT2D eigenvalue weighted by Gasteiger charge is 2.17. The summed E-state index contributed by atoms with van der Waals surface area (Å²) in [6.45, 7) is 0.0245. The van der Waals surface area contributed by atoms with Gasteiger partial charge in [0.2, 0.25) is 0 Å². The van der Waals surface area contributed by atoms with E-state index >= 15 is 0 Å². The van der Waals surface area contributed by atoms with Crippen molar-refractivity contribution < 1.29 is 9.53 Å². The van der Waals surface area contributed by atoms with E-state index < -0.39 is 6.04 Å². The lowest BCUT2D eigenvalue weighted by Crippen LogP contribution is -2.25. The van der Waals surface area contributed by atoms with Crippen molar-refractivity contribution in [2.75, 3.05) is 11.9 Å². The minimum atomic E-state index is -0.686. The monoisotopic (exact) mass is 203 g/mol. The summed E-state index contributed by atoms with van der Waals surface area (Å²) in [7, 11) is 0. The minimum absolute atomic E-state index is 0.0245. The Labute approximate surface area is 86.4 Å². The van der Waals surface area contributed by atoms with Crippen LogP contribution < -0.4 is 15.8 Å². The van der Waals surface area contributed by atoms with Gasteiger partial charge in [0, 0.05) is 0 Å². The van der Waals surface area contributed by atoms with E-state index in [9.17, 15) is 4.79 Å². The Balaban J connectivity index is 2.37. The Morgan fingerprint density at radius 1 is 1.60 bits per heavy atom. The second-order valence-corrected chi connectivity index (χ2v) is 3.20. The molecule has 0 aliphatic carbocycles. The van der Waals surface area contributed by atoms with Gasteiger partial charge >= 0.3 is 0 Å². The van der Waals surface area contributed by atoms with Crippen molar-refractivity contribution in [1.29, 1.82) is 5.26 Å². The highest BCUT2D eigenvalue weighted by Crippen LogP contribution is 2.29. The van der Waals surface area contributed by atoms with E-state index in [1.54, 1.807) is 18.2 Å². The van der Waals surface area contributed by atoms with Crippen molar-refractivity contribution in [1.82, 2.24) is 0 Å². The normalized spacial score (nSPS) is 15.6. The fourth-order valence-corrected chi connectivity index (χ4v) is 1.37. The average Bonchev–Trinajstić information content (AvgIpc) is 2.27. The van der Waals surface area contributed by atoms with Gasteiger partial charge in [-0.3, -0.25) is 4.79 Å². The maximum atomic E-state index is 11.0. The van der Waals surface area contributed by atoms with E-state index in [4.69, 9.17) is 15.7 Å². The Hall–Kier alpha value is -2.06. The molecular weight excluding hydrogens is 194 g/mol. The molecule has 0 saturated heterocycles. The maximum absolute atomic E-state index is 11.0. The molecule has 1 aliphatic rings. The summed E-state index contributed by atoms with van der Waals surface area (Å²) < 4.78 is 5.17. The lowest BCUT2D eigenvalue weighted by atomic mass is 10.1. The quantitative estimate of drug-likeness (QED) is 0.697. The number of benzene rings is 1. The largest absolute Gasteiger partial charge is 0.482 e. The lowest BCUT2D eigenvalue weighted by Gasteiger charge is -2.18. The van der Waals surface area contributed by atoms with E-state index in [1.165, 1.54) is 0 Å². The number of anilines is 1. The summed E-state index contributed by atoms with van der Waals surface area (Å²) in [6.07, 6.45) is 0. The molecule has 5 heteroatoms. The van der Waals surface area contributed by atoms with Crippen molar-refractivity contribution in [3.8, 4) is 11.8 Å². The first kappa shape index (κ1) is 9.49. The van der Waals surface area contributed by atoms with Gasteiger partial charge in [-0.15, -0.1) is 0 Å². The smallest absolute Gasteiger partial charge is 0.262 e. The van der Waals surface area contributed by atoms with Crippen LogP contribution in [0.25, 0.3) is 0 Å². The van der Waals surface area contributed by atoms with Crippen molar-refractivity contribution in [2.45, 2.75) is 6.04 Å². The number of carbonyl (C=O) groups excluding carboxylic acids is 1. The number of rotatable bonds is 1. The second kappa shape index (κ2) is 3.59. The average molecular weight is 203 g/mol. The van der Waals surface area contributed by atoms with Gasteiger partial charge in [-0.1, -0.05) is 6.07 Å². The van der Waals surface area contributed by atoms with Crippen molar-refractivity contribution in [2.24, 2.45) is 5.73 Å². The molecule has 0 radical (unpaired) electrons. The topological polar surface area (TPSA) is 88.1 Å². The van der Waals surface area contributed by atoms with Crippen molar-refractivity contribution in [3.63, 3.8) is 0 Å². The van der Waals surface area contributed by atoms with Gasteiger partial charge in [-0.2, -0.15) is 5.26 Å². The Bertz CT molecular complexity index is 450. The van der Waals surface area contributed by atoms with Crippen LogP contribution in [0.3, 0.4) is 0 Å². The third-order valence-corrected chi connectivity index (χ3v) is 2.13. The van der Waals surface area contributed by atoms with Crippen LogP contribution in [0.15, 0.2) is 18.2 Å². The predicted octanol–water partition coefficient (Wildman–Crippen LogP) is 0.541. The van der Waals surface area contributed by atoms with Crippen LogP contribution in [-0.4, -0.2) is 12.5 Å². The van der Waals surface area contributed by atoms with Gasteiger partial charge in [-0.05, 0) is 17.7 Å². The number of nitrogens with one attached hydrogen (secondary N) is 1. The zero-order valence-corrected chi connectivity index (χ0v) is 7.86. The number of nitriles is 1. The zero-order chi connectivity index (χ0) is 10.8. The molecule has 0 bridgehead atoms. The first-order chi connectivity index (χ1) is 7.20. The number of hydrogen-bond acceptors (Lipinski definition) is 4. The SMILES string of the molecule is N#CC(N)c1ccc2c(c1)NC(=O)CO2. The van der Waals surface area contributed by atoms with Crippen LogP contribution in [0, 0.1) is 11.3 Å². The van der Waals surface area contributed by atoms with Crippen LogP contribution in [0.1, 0.15) is 11.6 Å². The van der Waals surface area contributed by atoms with Gasteiger partial charge in [-0.25, -0.2) is 0 Å². The van der Waals surface area contributed by atoms with Crippen LogP contribution in [0.2, 0.25) is 0 Å². The molecule has 0 spiro atoms. The molecule has 1 heterocycles. The highest BCUT2D eigenvalue weighted by molar-refractivity contribution is 5.95. The summed E-state index contributed by atoms with van der Waals surface area (Å²) in [5.41, 5.74) is 6.77. The van der Waals surface area contributed by atoms with Crippen LogP contribution >= 0.6 is 0 Å². The molecule has 15 heavy (non-hydrogen) atoms. The van der Waals surface area contributed by atoms with E-state index in [-0.39, 0.29) is 12.5 Å². The number of nitrogens with zero attached hydrogens (tertiary/aromatic N) is 1. The van der Waals surface area contributed by atoms with Gasteiger partial charge in [0.05, 0.1) is 11.8 Å². The molecule has 2 rings (SSSR count). The third-order valence-electron chi connectivity index (χ3n) is 2.13. The molecule has 0 aromatic heterocycles. The van der Waals surface area contributed by atoms with Crippen LogP contribution in [0.4, 0.5) is 5.69 Å². The number of nitrogens with two attached hydrogens (primary N) is 1. The lowest BCUT2D eigenvalue weighted by molar-refractivity contribution is -0.118. The molecule has 1 aromatic carbocycles. The summed E-state index contributed by atoms with van der Waals surface area (Å²) in [6, 6.07) is 6.30. The standard InChI is InChI=1S/C10H9N3O2/c11-4-7(12)6-1-2-9-8(3-6)13-10(14)5-15-9/h1-3,7H,5,12H2,(H,13,14). The number of amides is 1. The molecule has 1 unspecified atom stereocenters. The molecular formula is C10H9N3O2. The molecule has 1 aliphatic heterocycles. The number of fused-ring (bicyclic) bond motifs is 1. The van der Waals surface area contributed by atoms with Crippen molar-refractivity contribution >= 4 is 11.6 Å². The maximum Gasteiger partial charge on any atom is 0.262 e. The summed E-state index contributed by atoms with van der Waals surface area (Å²) in [4.78, 5) is 11.0. The zero-order valence-electron chi connectivity index (χ0n) is 7.86. The Morgan fingerprint density at radius 3 is 3.13 bits per heavy atom. The Kier molecular flexibility index (Phi) is 2.27. The molecule has 5 nitrogen and oxygen atoms in total. The summed E-state index contributed by atoms with van der Waals surface area (Å²) in [5.74, 6) is 0.397. The van der Waals surface area contributed by atoms with E-state index in [0.717, 1.165) is 0 Å². The highest BCUT2D eigenvalue weighted by atomic mass is 16.5. The van der Waals surface area contributed by atoms with Crippen LogP contribution in [-0.2, 0) is 4.79 Å². The third kappa shape index (κ3) is 1.75. The minimum Gasteiger partial charge on any atom is -0.482 e. The first-order valence-corrected chi connectivity index (χ1v) is 4.42. The van der Waals surface area contributed by atoms with Gasteiger partial charge in [0.1, 0.15) is 11.8 Å². The number of hydrogen-bond donors (Lipinski definition) is 2. The molecule has 1 atom stereocenters. The summed E-state index contributed by atoms with van der Waals surface area (Å²) in [5, 5.41) is 11.3. The van der Waals surface area contributed by atoms with Crippen LogP contribution in [0.5, 0.6) is 5.75 Å². The molecule has 76 valence electrons. The molecule has 1 aromatic rings.